The normalized spacial score (nSPS) is 19.1. The van der Waals surface area contributed by atoms with E-state index in [9.17, 15) is 9.90 Å². The van der Waals surface area contributed by atoms with Crippen LogP contribution in [0.3, 0.4) is 0 Å². The SMILES string of the molecule is CCn1ncc2c1NCC(C(=O)O)=C2NC1CCOCC1. The largest absolute Gasteiger partial charge is 0.478 e. The number of carboxylic acid groups (broad SMARTS) is 1. The summed E-state index contributed by atoms with van der Waals surface area (Å²) < 4.78 is 7.20. The lowest BCUT2D eigenvalue weighted by Gasteiger charge is -2.28. The van der Waals surface area contributed by atoms with Gasteiger partial charge in [-0.05, 0) is 19.8 Å². The molecule has 114 valence electrons. The number of nitrogens with one attached hydrogen (secondary N) is 2. The highest BCUT2D eigenvalue weighted by atomic mass is 16.5. The number of ether oxygens (including phenoxy) is 1. The number of aryl methyl sites for hydroxylation is 1. The zero-order chi connectivity index (χ0) is 14.8. The number of aromatic nitrogens is 2. The van der Waals surface area contributed by atoms with E-state index in [4.69, 9.17) is 4.74 Å². The Balaban J connectivity index is 1.94. The molecule has 21 heavy (non-hydrogen) atoms. The zero-order valence-electron chi connectivity index (χ0n) is 12.1. The van der Waals surface area contributed by atoms with Gasteiger partial charge >= 0.3 is 5.97 Å². The molecule has 0 aliphatic carbocycles. The Morgan fingerprint density at radius 1 is 1.57 bits per heavy atom. The van der Waals surface area contributed by atoms with Gasteiger partial charge in [-0.2, -0.15) is 5.10 Å². The highest BCUT2D eigenvalue weighted by molar-refractivity contribution is 5.99. The predicted molar refractivity (Wildman–Crippen MR) is 77.9 cm³/mol. The van der Waals surface area contributed by atoms with Gasteiger partial charge < -0.3 is 20.5 Å². The number of hydrogen-bond donors (Lipinski definition) is 3. The molecule has 0 unspecified atom stereocenters. The van der Waals surface area contributed by atoms with Gasteiger partial charge in [0.25, 0.3) is 0 Å². The van der Waals surface area contributed by atoms with Gasteiger partial charge in [0.05, 0.1) is 29.6 Å². The molecule has 3 rings (SSSR count). The molecule has 2 aliphatic heterocycles. The molecule has 1 saturated heterocycles. The van der Waals surface area contributed by atoms with Gasteiger partial charge in [-0.25, -0.2) is 9.48 Å². The molecule has 0 aromatic carbocycles. The smallest absolute Gasteiger partial charge is 0.335 e. The Hall–Kier alpha value is -2.02. The number of aliphatic carboxylic acids is 1. The summed E-state index contributed by atoms with van der Waals surface area (Å²) in [5, 5.41) is 20.3. The summed E-state index contributed by atoms with van der Waals surface area (Å²) in [6, 6.07) is 0.249. The van der Waals surface area contributed by atoms with Crippen LogP contribution in [0.2, 0.25) is 0 Å². The second-order valence-corrected chi connectivity index (χ2v) is 5.27. The first-order chi connectivity index (χ1) is 10.2. The summed E-state index contributed by atoms with van der Waals surface area (Å²) in [5.74, 6) is -0.0102. The Kier molecular flexibility index (Phi) is 3.83. The van der Waals surface area contributed by atoms with Gasteiger partial charge in [-0.3, -0.25) is 0 Å². The van der Waals surface area contributed by atoms with E-state index in [1.165, 1.54) is 0 Å². The third-order valence-electron chi connectivity index (χ3n) is 3.97. The Bertz CT molecular complexity index is 573. The number of carbonyl (C=O) groups is 1. The summed E-state index contributed by atoms with van der Waals surface area (Å²) >= 11 is 0. The summed E-state index contributed by atoms with van der Waals surface area (Å²) in [7, 11) is 0. The molecule has 0 spiro atoms. The molecule has 7 heteroatoms. The van der Waals surface area contributed by atoms with E-state index < -0.39 is 5.97 Å². The van der Waals surface area contributed by atoms with Gasteiger partial charge in [0.1, 0.15) is 5.82 Å². The molecule has 2 aliphatic rings. The third kappa shape index (κ3) is 2.61. The van der Waals surface area contributed by atoms with E-state index in [1.54, 1.807) is 6.20 Å². The molecule has 0 amide bonds. The third-order valence-corrected chi connectivity index (χ3v) is 3.97. The monoisotopic (exact) mass is 292 g/mol. The molecule has 3 heterocycles. The van der Waals surface area contributed by atoms with Crippen molar-refractivity contribution in [3.8, 4) is 0 Å². The van der Waals surface area contributed by atoms with Crippen molar-refractivity contribution in [2.45, 2.75) is 32.4 Å². The fraction of sp³-hybridized carbons (Fsp3) is 0.571. The van der Waals surface area contributed by atoms with Crippen LogP contribution in [0.1, 0.15) is 25.3 Å². The van der Waals surface area contributed by atoms with Gasteiger partial charge in [0.15, 0.2) is 0 Å². The molecule has 0 saturated carbocycles. The lowest BCUT2D eigenvalue weighted by molar-refractivity contribution is -0.132. The van der Waals surface area contributed by atoms with Crippen molar-refractivity contribution in [1.29, 1.82) is 0 Å². The van der Waals surface area contributed by atoms with Crippen molar-refractivity contribution in [2.75, 3.05) is 25.1 Å². The van der Waals surface area contributed by atoms with Crippen molar-refractivity contribution in [3.63, 3.8) is 0 Å². The van der Waals surface area contributed by atoms with Crippen LogP contribution in [0.15, 0.2) is 11.8 Å². The number of carboxylic acids is 1. The van der Waals surface area contributed by atoms with Crippen LogP contribution >= 0.6 is 0 Å². The summed E-state index contributed by atoms with van der Waals surface area (Å²) in [6.07, 6.45) is 3.51. The number of nitrogens with zero attached hydrogens (tertiary/aromatic N) is 2. The van der Waals surface area contributed by atoms with E-state index in [-0.39, 0.29) is 6.04 Å². The summed E-state index contributed by atoms with van der Waals surface area (Å²) in [6.45, 7) is 4.49. The Morgan fingerprint density at radius 2 is 2.33 bits per heavy atom. The van der Waals surface area contributed by atoms with Crippen molar-refractivity contribution >= 4 is 17.5 Å². The number of fused-ring (bicyclic) bond motifs is 1. The van der Waals surface area contributed by atoms with Gasteiger partial charge in [-0.1, -0.05) is 0 Å². The maximum Gasteiger partial charge on any atom is 0.335 e. The minimum atomic E-state index is -0.896. The van der Waals surface area contributed by atoms with Crippen molar-refractivity contribution in [3.05, 3.63) is 17.3 Å². The second kappa shape index (κ2) is 5.77. The molecule has 0 radical (unpaired) electrons. The van der Waals surface area contributed by atoms with Gasteiger partial charge in [-0.15, -0.1) is 0 Å². The first-order valence-corrected chi connectivity index (χ1v) is 7.31. The lowest BCUT2D eigenvalue weighted by Crippen LogP contribution is -2.36. The highest BCUT2D eigenvalue weighted by Crippen LogP contribution is 2.30. The number of hydrogen-bond acceptors (Lipinski definition) is 5. The van der Waals surface area contributed by atoms with Crippen LogP contribution in [-0.4, -0.2) is 46.7 Å². The maximum atomic E-state index is 11.5. The van der Waals surface area contributed by atoms with Crippen molar-refractivity contribution in [1.82, 2.24) is 15.1 Å². The first-order valence-electron chi connectivity index (χ1n) is 7.31. The summed E-state index contributed by atoms with van der Waals surface area (Å²) in [4.78, 5) is 11.5. The minimum absolute atomic E-state index is 0.249. The Morgan fingerprint density at radius 3 is 3.00 bits per heavy atom. The van der Waals surface area contributed by atoms with Crippen LogP contribution in [-0.2, 0) is 16.1 Å². The lowest BCUT2D eigenvalue weighted by atomic mass is 10.0. The Labute approximate surface area is 123 Å². The zero-order valence-corrected chi connectivity index (χ0v) is 12.1. The fourth-order valence-electron chi connectivity index (χ4n) is 2.81. The first kappa shape index (κ1) is 13.9. The van der Waals surface area contributed by atoms with E-state index in [0.717, 1.165) is 30.8 Å². The fourth-order valence-corrected chi connectivity index (χ4v) is 2.81. The van der Waals surface area contributed by atoms with Gasteiger partial charge in [0, 0.05) is 25.8 Å². The minimum Gasteiger partial charge on any atom is -0.478 e. The van der Waals surface area contributed by atoms with Crippen LogP contribution in [0.5, 0.6) is 0 Å². The average molecular weight is 292 g/mol. The van der Waals surface area contributed by atoms with Crippen LogP contribution in [0.25, 0.3) is 5.70 Å². The molecule has 3 N–H and O–H groups in total. The second-order valence-electron chi connectivity index (χ2n) is 5.27. The molecular weight excluding hydrogens is 272 g/mol. The van der Waals surface area contributed by atoms with E-state index in [0.29, 0.717) is 31.0 Å². The molecule has 0 atom stereocenters. The van der Waals surface area contributed by atoms with Crippen LogP contribution in [0, 0.1) is 0 Å². The van der Waals surface area contributed by atoms with Crippen LogP contribution < -0.4 is 10.6 Å². The average Bonchev–Trinajstić information content (AvgIpc) is 2.92. The maximum absolute atomic E-state index is 11.5. The molecule has 0 bridgehead atoms. The van der Waals surface area contributed by atoms with E-state index >= 15 is 0 Å². The standard InChI is InChI=1S/C14H20N4O3/c1-2-18-13-10(8-16-18)12(11(7-15-13)14(19)20)17-9-3-5-21-6-4-9/h8-9,15,17H,2-7H2,1H3,(H,19,20). The van der Waals surface area contributed by atoms with Gasteiger partial charge in [0.2, 0.25) is 0 Å². The van der Waals surface area contributed by atoms with Crippen molar-refractivity contribution in [2.24, 2.45) is 0 Å². The number of rotatable bonds is 4. The summed E-state index contributed by atoms with van der Waals surface area (Å²) in [5.41, 5.74) is 1.90. The molecule has 1 fully saturated rings. The van der Waals surface area contributed by atoms with Crippen molar-refractivity contribution < 1.29 is 14.6 Å². The molecular formula is C14H20N4O3. The van der Waals surface area contributed by atoms with E-state index in [1.807, 2.05) is 11.6 Å². The number of anilines is 1. The molecule has 1 aromatic heterocycles. The quantitative estimate of drug-likeness (QED) is 0.764. The highest BCUT2D eigenvalue weighted by Gasteiger charge is 2.28. The molecule has 7 nitrogen and oxygen atoms in total. The van der Waals surface area contributed by atoms with E-state index in [2.05, 4.69) is 15.7 Å². The van der Waals surface area contributed by atoms with Crippen LogP contribution in [0.4, 0.5) is 5.82 Å². The molecule has 1 aromatic rings. The topological polar surface area (TPSA) is 88.4 Å². The predicted octanol–water partition coefficient (Wildman–Crippen LogP) is 0.893.